The van der Waals surface area contributed by atoms with E-state index in [9.17, 15) is 23.3 Å². The van der Waals surface area contributed by atoms with Gasteiger partial charge in [-0.3, -0.25) is 19.2 Å². The fourth-order valence-corrected chi connectivity index (χ4v) is 4.53. The van der Waals surface area contributed by atoms with E-state index >= 15 is 0 Å². The van der Waals surface area contributed by atoms with E-state index in [-0.39, 0.29) is 11.4 Å². The second-order valence-electron chi connectivity index (χ2n) is 6.51. The largest absolute Gasteiger partial charge is 0.323 e. The summed E-state index contributed by atoms with van der Waals surface area (Å²) in [5, 5.41) is 13.8. The Morgan fingerprint density at radius 1 is 1.03 bits per heavy atom. The number of nitrogens with one attached hydrogen (secondary N) is 1. The molecule has 0 saturated heterocycles. The number of benzene rings is 3. The zero-order valence-electron chi connectivity index (χ0n) is 16.5. The Kier molecular flexibility index (Phi) is 6.93. The number of rotatable bonds is 8. The number of carbonyl (C=O) groups is 1. The molecule has 31 heavy (non-hydrogen) atoms. The lowest BCUT2D eigenvalue weighted by Crippen LogP contribution is -2.37. The van der Waals surface area contributed by atoms with Crippen LogP contribution in [0, 0.1) is 10.1 Å². The summed E-state index contributed by atoms with van der Waals surface area (Å²) in [6.07, 6.45) is 0.943. The fraction of sp³-hybridized carbons (Fsp3) is 0.0952. The maximum Gasteiger partial charge on any atom is 0.271 e. The van der Waals surface area contributed by atoms with Crippen LogP contribution in [0.3, 0.4) is 0 Å². The standard InChI is InChI=1S/C21H19N3O5S2/c1-31(28,29)23(16-8-7-9-17(14-16)24(26)27)15-21(25)22-19-12-5-6-13-20(19)30-18-10-3-2-4-11-18/h2-14H,15H2,1H3,(H,22,25). The molecule has 0 aromatic heterocycles. The first-order valence-corrected chi connectivity index (χ1v) is 11.7. The van der Waals surface area contributed by atoms with Crippen molar-refractivity contribution in [3.63, 3.8) is 0 Å². The van der Waals surface area contributed by atoms with Crippen molar-refractivity contribution in [1.82, 2.24) is 0 Å². The summed E-state index contributed by atoms with van der Waals surface area (Å²) in [4.78, 5) is 24.9. The molecule has 1 amide bonds. The predicted molar refractivity (Wildman–Crippen MR) is 121 cm³/mol. The summed E-state index contributed by atoms with van der Waals surface area (Å²) >= 11 is 1.46. The molecule has 0 aliphatic carbocycles. The number of amides is 1. The van der Waals surface area contributed by atoms with Crippen LogP contribution in [0.5, 0.6) is 0 Å². The minimum Gasteiger partial charge on any atom is -0.323 e. The molecule has 3 aromatic rings. The number of nitro benzene ring substituents is 1. The van der Waals surface area contributed by atoms with E-state index in [4.69, 9.17) is 0 Å². The first-order chi connectivity index (χ1) is 14.7. The number of anilines is 2. The van der Waals surface area contributed by atoms with Gasteiger partial charge in [0.25, 0.3) is 5.69 Å². The molecule has 0 atom stereocenters. The molecule has 160 valence electrons. The average molecular weight is 458 g/mol. The number of hydrogen-bond donors (Lipinski definition) is 1. The van der Waals surface area contributed by atoms with Gasteiger partial charge >= 0.3 is 0 Å². The Labute approximate surface area is 184 Å². The Morgan fingerprint density at radius 2 is 1.71 bits per heavy atom. The lowest BCUT2D eigenvalue weighted by molar-refractivity contribution is -0.384. The van der Waals surface area contributed by atoms with Crippen LogP contribution in [0.2, 0.25) is 0 Å². The molecule has 0 heterocycles. The highest BCUT2D eigenvalue weighted by Gasteiger charge is 2.23. The van der Waals surface area contributed by atoms with Gasteiger partial charge in [0.1, 0.15) is 6.54 Å². The van der Waals surface area contributed by atoms with Gasteiger partial charge in [0.05, 0.1) is 22.6 Å². The monoisotopic (exact) mass is 457 g/mol. The summed E-state index contributed by atoms with van der Waals surface area (Å²) in [6, 6.07) is 21.9. The number of non-ortho nitro benzene ring substituents is 1. The van der Waals surface area contributed by atoms with Crippen LogP contribution < -0.4 is 9.62 Å². The molecule has 0 aliphatic heterocycles. The Hall–Kier alpha value is -3.37. The molecule has 3 rings (SSSR count). The van der Waals surface area contributed by atoms with E-state index in [2.05, 4.69) is 5.32 Å². The van der Waals surface area contributed by atoms with Crippen molar-refractivity contribution in [2.24, 2.45) is 0 Å². The van der Waals surface area contributed by atoms with Crippen LogP contribution in [-0.4, -0.2) is 32.0 Å². The van der Waals surface area contributed by atoms with Gasteiger partial charge in [0.15, 0.2) is 0 Å². The van der Waals surface area contributed by atoms with Gasteiger partial charge in [-0.25, -0.2) is 8.42 Å². The zero-order valence-corrected chi connectivity index (χ0v) is 18.1. The van der Waals surface area contributed by atoms with E-state index in [0.717, 1.165) is 26.4 Å². The molecule has 0 saturated carbocycles. The van der Waals surface area contributed by atoms with Gasteiger partial charge in [0.2, 0.25) is 15.9 Å². The molecule has 0 radical (unpaired) electrons. The van der Waals surface area contributed by atoms with Crippen molar-refractivity contribution in [3.05, 3.63) is 89.0 Å². The number of carbonyl (C=O) groups excluding carboxylic acids is 1. The van der Waals surface area contributed by atoms with Crippen molar-refractivity contribution in [1.29, 1.82) is 0 Å². The van der Waals surface area contributed by atoms with Crippen molar-refractivity contribution < 1.29 is 18.1 Å². The van der Waals surface area contributed by atoms with Crippen LogP contribution >= 0.6 is 11.8 Å². The molecule has 1 N–H and O–H groups in total. The van der Waals surface area contributed by atoms with Gasteiger partial charge in [-0.2, -0.15) is 0 Å². The van der Waals surface area contributed by atoms with Crippen LogP contribution in [0.1, 0.15) is 0 Å². The summed E-state index contributed by atoms with van der Waals surface area (Å²) in [5.74, 6) is -0.571. The van der Waals surface area contributed by atoms with Crippen molar-refractivity contribution >= 4 is 44.8 Å². The molecule has 0 spiro atoms. The molecular weight excluding hydrogens is 438 g/mol. The highest BCUT2D eigenvalue weighted by Crippen LogP contribution is 2.33. The van der Waals surface area contributed by atoms with Gasteiger partial charge in [0, 0.05) is 21.9 Å². The molecule has 0 fully saturated rings. The van der Waals surface area contributed by atoms with Crippen LogP contribution in [0.25, 0.3) is 0 Å². The maximum atomic E-state index is 12.7. The minimum absolute atomic E-state index is 0.0406. The summed E-state index contributed by atoms with van der Waals surface area (Å²) in [5.41, 5.74) is 0.309. The third-order valence-electron chi connectivity index (χ3n) is 4.15. The Morgan fingerprint density at radius 3 is 2.39 bits per heavy atom. The quantitative estimate of drug-likeness (QED) is 0.402. The number of para-hydroxylation sites is 1. The molecule has 0 unspecified atom stereocenters. The topological polar surface area (TPSA) is 110 Å². The van der Waals surface area contributed by atoms with Crippen LogP contribution in [0.4, 0.5) is 17.1 Å². The number of hydrogen-bond acceptors (Lipinski definition) is 6. The number of sulfonamides is 1. The van der Waals surface area contributed by atoms with Crippen molar-refractivity contribution in [2.75, 3.05) is 22.4 Å². The normalized spacial score (nSPS) is 11.0. The summed E-state index contributed by atoms with van der Waals surface area (Å²) < 4.78 is 25.4. The third-order valence-corrected chi connectivity index (χ3v) is 6.37. The molecule has 8 nitrogen and oxygen atoms in total. The van der Waals surface area contributed by atoms with E-state index in [0.29, 0.717) is 5.69 Å². The smallest absolute Gasteiger partial charge is 0.271 e. The van der Waals surface area contributed by atoms with E-state index in [1.54, 1.807) is 12.1 Å². The zero-order chi connectivity index (χ0) is 22.4. The highest BCUT2D eigenvalue weighted by atomic mass is 32.2. The molecular formula is C21H19N3O5S2. The number of nitro groups is 1. The van der Waals surface area contributed by atoms with E-state index in [1.165, 1.54) is 30.0 Å². The maximum absolute atomic E-state index is 12.7. The Balaban J connectivity index is 1.81. The third kappa shape index (κ3) is 6.06. The molecule has 3 aromatic carbocycles. The van der Waals surface area contributed by atoms with Crippen LogP contribution in [-0.2, 0) is 14.8 Å². The lowest BCUT2D eigenvalue weighted by atomic mass is 10.3. The fourth-order valence-electron chi connectivity index (χ4n) is 2.76. The van der Waals surface area contributed by atoms with Gasteiger partial charge in [-0.15, -0.1) is 0 Å². The summed E-state index contributed by atoms with van der Waals surface area (Å²) in [7, 11) is -3.86. The average Bonchev–Trinajstić information content (AvgIpc) is 2.73. The second kappa shape index (κ2) is 9.63. The van der Waals surface area contributed by atoms with Crippen LogP contribution in [0.15, 0.2) is 88.7 Å². The summed E-state index contributed by atoms with van der Waals surface area (Å²) in [6.45, 7) is -0.523. The van der Waals surface area contributed by atoms with Gasteiger partial charge < -0.3 is 5.32 Å². The first-order valence-electron chi connectivity index (χ1n) is 9.08. The van der Waals surface area contributed by atoms with E-state index in [1.807, 2.05) is 42.5 Å². The molecule has 0 bridgehead atoms. The predicted octanol–water partition coefficient (Wildman–Crippen LogP) is 4.15. The van der Waals surface area contributed by atoms with Crippen molar-refractivity contribution in [2.45, 2.75) is 9.79 Å². The number of nitrogens with zero attached hydrogens (tertiary/aromatic N) is 2. The van der Waals surface area contributed by atoms with Crippen molar-refractivity contribution in [3.8, 4) is 0 Å². The lowest BCUT2D eigenvalue weighted by Gasteiger charge is -2.22. The van der Waals surface area contributed by atoms with Gasteiger partial charge in [-0.1, -0.05) is 48.2 Å². The molecule has 0 aliphatic rings. The Bertz CT molecular complexity index is 1200. The van der Waals surface area contributed by atoms with E-state index < -0.39 is 27.4 Å². The highest BCUT2D eigenvalue weighted by molar-refractivity contribution is 7.99. The SMILES string of the molecule is CS(=O)(=O)N(CC(=O)Nc1ccccc1Sc1ccccc1)c1cccc([N+](=O)[O-])c1. The first kappa shape index (κ1) is 22.3. The second-order valence-corrected chi connectivity index (χ2v) is 9.53. The molecule has 10 heteroatoms. The van der Waals surface area contributed by atoms with Gasteiger partial charge in [-0.05, 0) is 30.3 Å². The minimum atomic E-state index is -3.86.